The second-order valence-electron chi connectivity index (χ2n) is 6.58. The number of carbonyl (C=O) groups is 2. The molecule has 0 heterocycles. The van der Waals surface area contributed by atoms with Crippen molar-refractivity contribution in [2.24, 2.45) is 5.92 Å². The number of benzene rings is 1. The lowest BCUT2D eigenvalue weighted by Gasteiger charge is -2.22. The van der Waals surface area contributed by atoms with E-state index >= 15 is 0 Å². The first-order valence-electron chi connectivity index (χ1n) is 9.03. The van der Waals surface area contributed by atoms with Crippen molar-refractivity contribution < 1.29 is 14.3 Å². The molecule has 1 aromatic rings. The van der Waals surface area contributed by atoms with Gasteiger partial charge in [-0.3, -0.25) is 9.59 Å². The van der Waals surface area contributed by atoms with E-state index in [0.717, 1.165) is 23.0 Å². The van der Waals surface area contributed by atoms with Gasteiger partial charge in [-0.15, -0.1) is 0 Å². The molecule has 1 aliphatic rings. The van der Waals surface area contributed by atoms with Gasteiger partial charge in [0.15, 0.2) is 0 Å². The van der Waals surface area contributed by atoms with Crippen LogP contribution in [-0.4, -0.2) is 34.5 Å². The van der Waals surface area contributed by atoms with Crippen LogP contribution in [0.5, 0.6) is 5.75 Å². The molecular formula is C19H27IN2O3S. The molecule has 0 bridgehead atoms. The number of ether oxygens (including phenoxy) is 1. The van der Waals surface area contributed by atoms with Gasteiger partial charge in [0, 0.05) is 34.9 Å². The van der Waals surface area contributed by atoms with E-state index in [1.165, 1.54) is 32.1 Å². The fourth-order valence-corrected chi connectivity index (χ4v) is 4.73. The summed E-state index contributed by atoms with van der Waals surface area (Å²) in [4.78, 5) is 23.9. The normalized spacial score (nSPS) is 15.9. The van der Waals surface area contributed by atoms with Crippen LogP contribution in [0.15, 0.2) is 24.3 Å². The predicted molar refractivity (Wildman–Crippen MR) is 115 cm³/mol. The van der Waals surface area contributed by atoms with Crippen molar-refractivity contribution in [2.75, 3.05) is 18.6 Å². The molecule has 0 aliphatic heterocycles. The van der Waals surface area contributed by atoms with Crippen LogP contribution < -0.4 is 15.4 Å². The number of hydrogen-bond acceptors (Lipinski definition) is 4. The predicted octanol–water partition coefficient (Wildman–Crippen LogP) is 4.14. The minimum atomic E-state index is -0.494. The molecule has 2 amide bonds. The summed E-state index contributed by atoms with van der Waals surface area (Å²) in [5.74, 6) is 3.09. The van der Waals surface area contributed by atoms with Crippen LogP contribution in [0.25, 0.3) is 0 Å². The van der Waals surface area contributed by atoms with E-state index in [1.54, 1.807) is 41.5 Å². The van der Waals surface area contributed by atoms with Crippen LogP contribution in [0.2, 0.25) is 0 Å². The Hall–Kier alpha value is -0.960. The molecular weight excluding hydrogens is 463 g/mol. The Morgan fingerprint density at radius 3 is 2.54 bits per heavy atom. The minimum Gasteiger partial charge on any atom is -0.497 e. The summed E-state index contributed by atoms with van der Waals surface area (Å²) in [6.45, 7) is 0.434. The monoisotopic (exact) mass is 490 g/mol. The van der Waals surface area contributed by atoms with E-state index in [4.69, 9.17) is 4.74 Å². The molecule has 0 spiro atoms. The summed E-state index contributed by atoms with van der Waals surface area (Å²) in [6, 6.07) is 7.08. The minimum absolute atomic E-state index is 0.137. The van der Waals surface area contributed by atoms with Gasteiger partial charge in [0.25, 0.3) is 3.91 Å². The van der Waals surface area contributed by atoms with Crippen LogP contribution in [-0.2, 0) is 11.3 Å². The number of amides is 2. The standard InChI is InChI=1S/C19H27IN2O3S/c1-25-16-9-7-14(8-10-16)11-21-18(23)17(22-19(20)24)13-26-12-15-5-3-2-4-6-15/h7-10,15,17H,2-6,11-13H2,1H3,(H,21,23)(H,22,24). The maximum Gasteiger partial charge on any atom is 0.281 e. The van der Waals surface area contributed by atoms with E-state index in [1.807, 2.05) is 24.3 Å². The van der Waals surface area contributed by atoms with E-state index in [2.05, 4.69) is 10.6 Å². The Morgan fingerprint density at radius 1 is 1.23 bits per heavy atom. The Bertz CT molecular complexity index is 577. The van der Waals surface area contributed by atoms with Crippen molar-refractivity contribution in [3.63, 3.8) is 0 Å². The number of halogens is 1. The van der Waals surface area contributed by atoms with E-state index < -0.39 is 6.04 Å². The topological polar surface area (TPSA) is 67.4 Å². The van der Waals surface area contributed by atoms with Gasteiger partial charge in [0.05, 0.1) is 7.11 Å². The number of thioether (sulfide) groups is 1. The van der Waals surface area contributed by atoms with Gasteiger partial charge in [-0.1, -0.05) is 31.4 Å². The highest BCUT2D eigenvalue weighted by Crippen LogP contribution is 2.27. The first-order chi connectivity index (χ1) is 12.6. The van der Waals surface area contributed by atoms with Crippen LogP contribution in [0.4, 0.5) is 4.79 Å². The molecule has 7 heteroatoms. The van der Waals surface area contributed by atoms with Gasteiger partial charge in [0.2, 0.25) is 5.91 Å². The smallest absolute Gasteiger partial charge is 0.281 e. The van der Waals surface area contributed by atoms with Crippen molar-refractivity contribution in [2.45, 2.75) is 44.7 Å². The number of nitrogens with one attached hydrogen (secondary N) is 2. The summed E-state index contributed by atoms with van der Waals surface area (Å²) in [7, 11) is 1.62. The van der Waals surface area contributed by atoms with Crippen LogP contribution in [0, 0.1) is 5.92 Å². The molecule has 1 fully saturated rings. The Kier molecular flexibility index (Phi) is 9.60. The van der Waals surface area contributed by atoms with Gasteiger partial charge in [-0.05, 0) is 42.2 Å². The maximum atomic E-state index is 12.5. The van der Waals surface area contributed by atoms with Crippen LogP contribution in [0.1, 0.15) is 37.7 Å². The third-order valence-corrected chi connectivity index (χ3v) is 6.18. The summed E-state index contributed by atoms with van der Waals surface area (Å²) < 4.78 is 4.93. The van der Waals surface area contributed by atoms with Gasteiger partial charge in [-0.2, -0.15) is 11.8 Å². The van der Waals surface area contributed by atoms with Gasteiger partial charge >= 0.3 is 0 Å². The summed E-state index contributed by atoms with van der Waals surface area (Å²) in [6.07, 6.45) is 6.57. The highest BCUT2D eigenvalue weighted by atomic mass is 127. The zero-order valence-corrected chi connectivity index (χ0v) is 18.1. The third-order valence-electron chi connectivity index (χ3n) is 4.59. The van der Waals surface area contributed by atoms with E-state index in [9.17, 15) is 9.59 Å². The molecule has 5 nitrogen and oxygen atoms in total. The zero-order chi connectivity index (χ0) is 18.8. The molecule has 1 aliphatic carbocycles. The second-order valence-corrected chi connectivity index (χ2v) is 8.63. The average molecular weight is 490 g/mol. The average Bonchev–Trinajstić information content (AvgIpc) is 2.66. The molecule has 0 saturated heterocycles. The third kappa shape index (κ3) is 7.73. The molecule has 1 aromatic carbocycles. The number of carbonyl (C=O) groups excluding carboxylic acids is 2. The van der Waals surface area contributed by atoms with E-state index in [0.29, 0.717) is 12.3 Å². The summed E-state index contributed by atoms with van der Waals surface area (Å²) >= 11 is 3.45. The van der Waals surface area contributed by atoms with Crippen molar-refractivity contribution in [3.05, 3.63) is 29.8 Å². The van der Waals surface area contributed by atoms with Crippen molar-refractivity contribution in [3.8, 4) is 5.75 Å². The fourth-order valence-electron chi connectivity index (χ4n) is 3.08. The molecule has 1 atom stereocenters. The van der Waals surface area contributed by atoms with Crippen LogP contribution >= 0.6 is 34.4 Å². The highest BCUT2D eigenvalue weighted by molar-refractivity contribution is 14.1. The Balaban J connectivity index is 1.79. The molecule has 2 N–H and O–H groups in total. The lowest BCUT2D eigenvalue weighted by Crippen LogP contribution is -2.46. The van der Waals surface area contributed by atoms with Gasteiger partial charge < -0.3 is 15.4 Å². The first-order valence-corrected chi connectivity index (χ1v) is 11.3. The quantitative estimate of drug-likeness (QED) is 0.310. The number of hydrogen-bond donors (Lipinski definition) is 2. The molecule has 26 heavy (non-hydrogen) atoms. The van der Waals surface area contributed by atoms with Crippen molar-refractivity contribution in [1.82, 2.24) is 10.6 Å². The molecule has 0 aromatic heterocycles. The lowest BCUT2D eigenvalue weighted by molar-refractivity contribution is -0.122. The largest absolute Gasteiger partial charge is 0.497 e. The highest BCUT2D eigenvalue weighted by Gasteiger charge is 2.21. The summed E-state index contributed by atoms with van der Waals surface area (Å²) in [5, 5.41) is 5.69. The number of rotatable bonds is 9. The molecule has 0 radical (unpaired) electrons. The Morgan fingerprint density at radius 2 is 1.92 bits per heavy atom. The molecule has 1 unspecified atom stereocenters. The van der Waals surface area contributed by atoms with Crippen molar-refractivity contribution in [1.29, 1.82) is 0 Å². The maximum absolute atomic E-state index is 12.5. The van der Waals surface area contributed by atoms with Gasteiger partial charge in [-0.25, -0.2) is 0 Å². The fraction of sp³-hybridized carbons (Fsp3) is 0.579. The molecule has 1 saturated carbocycles. The zero-order valence-electron chi connectivity index (χ0n) is 15.1. The molecule has 2 rings (SSSR count). The number of methoxy groups -OCH3 is 1. The summed E-state index contributed by atoms with van der Waals surface area (Å²) in [5.41, 5.74) is 0.994. The SMILES string of the molecule is COc1ccc(CNC(=O)C(CSCC2CCCCC2)NC(=O)I)cc1. The second kappa shape index (κ2) is 11.7. The van der Waals surface area contributed by atoms with Crippen LogP contribution in [0.3, 0.4) is 0 Å². The van der Waals surface area contributed by atoms with Gasteiger partial charge in [0.1, 0.15) is 11.8 Å². The molecule has 144 valence electrons. The van der Waals surface area contributed by atoms with E-state index in [-0.39, 0.29) is 9.82 Å². The van der Waals surface area contributed by atoms with Crippen molar-refractivity contribution >= 4 is 44.2 Å². The Labute approximate surface area is 173 Å². The lowest BCUT2D eigenvalue weighted by atomic mass is 9.91. The first kappa shape index (κ1) is 21.3.